The molecule has 0 aromatic carbocycles. The number of nitrogens with zero attached hydrogens (tertiary/aromatic N) is 2. The van der Waals surface area contributed by atoms with Crippen molar-refractivity contribution in [1.82, 2.24) is 4.98 Å². The number of hydrogen-bond donors (Lipinski definition) is 0. The Hall–Kier alpha value is -0.720. The van der Waals surface area contributed by atoms with Gasteiger partial charge in [-0.2, -0.15) is 5.26 Å². The summed E-state index contributed by atoms with van der Waals surface area (Å²) in [7, 11) is 6.48. The van der Waals surface area contributed by atoms with Gasteiger partial charge in [-0.25, -0.2) is 0 Å². The van der Waals surface area contributed by atoms with Crippen LogP contribution in [0.15, 0.2) is 23.4 Å². The Morgan fingerprint density at radius 2 is 2.40 bits per heavy atom. The van der Waals surface area contributed by atoms with Gasteiger partial charge in [-0.3, -0.25) is 4.98 Å². The normalized spacial score (nSPS) is 8.80. The first kappa shape index (κ1) is 7.39. The minimum atomic E-state index is 0.533. The van der Waals surface area contributed by atoms with E-state index in [1.54, 1.807) is 12.3 Å². The molecule has 10 heavy (non-hydrogen) atoms. The Balaban J connectivity index is 3.01. The monoisotopic (exact) mass is 170 g/mol. The van der Waals surface area contributed by atoms with Crippen molar-refractivity contribution in [2.45, 2.75) is 4.90 Å². The fourth-order valence-electron chi connectivity index (χ4n) is 0.522. The van der Waals surface area contributed by atoms with Crippen LogP contribution < -0.4 is 0 Å². The third-order valence-corrected chi connectivity index (χ3v) is 1.87. The molecule has 0 amide bonds. The van der Waals surface area contributed by atoms with Gasteiger partial charge < -0.3 is 0 Å². The van der Waals surface area contributed by atoms with Crippen molar-refractivity contribution in [3.05, 3.63) is 24.0 Å². The SMILES string of the molecule is N#Cc1cncc(SCl)c1. The first-order valence-corrected chi connectivity index (χ1v) is 4.15. The maximum Gasteiger partial charge on any atom is 0.101 e. The van der Waals surface area contributed by atoms with Crippen molar-refractivity contribution in [1.29, 1.82) is 5.26 Å². The van der Waals surface area contributed by atoms with Crippen molar-refractivity contribution in [3.8, 4) is 6.07 Å². The summed E-state index contributed by atoms with van der Waals surface area (Å²) in [5, 5.41) is 8.42. The van der Waals surface area contributed by atoms with Gasteiger partial charge in [0.1, 0.15) is 6.07 Å². The average molecular weight is 171 g/mol. The molecular formula is C6H3ClN2S. The zero-order chi connectivity index (χ0) is 7.40. The fourth-order valence-corrected chi connectivity index (χ4v) is 1.05. The van der Waals surface area contributed by atoms with Crippen molar-refractivity contribution in [2.75, 3.05) is 0 Å². The molecule has 0 atom stereocenters. The lowest BCUT2D eigenvalue weighted by Gasteiger charge is -1.90. The molecule has 0 aliphatic carbocycles. The van der Waals surface area contributed by atoms with Gasteiger partial charge >= 0.3 is 0 Å². The molecule has 4 heteroatoms. The molecule has 0 saturated heterocycles. The number of aromatic nitrogens is 1. The second-order valence-electron chi connectivity index (χ2n) is 1.60. The van der Waals surface area contributed by atoms with E-state index in [0.717, 1.165) is 15.9 Å². The smallest absolute Gasteiger partial charge is 0.101 e. The molecule has 0 fully saturated rings. The van der Waals surface area contributed by atoms with Crippen LogP contribution in [0.25, 0.3) is 0 Å². The molecule has 0 aliphatic heterocycles. The van der Waals surface area contributed by atoms with Gasteiger partial charge in [0.25, 0.3) is 0 Å². The standard InChI is InChI=1S/C6H3ClN2S/c7-10-6-1-5(2-8)3-9-4-6/h1,3-4H. The summed E-state index contributed by atoms with van der Waals surface area (Å²) >= 11 is 0. The van der Waals surface area contributed by atoms with Crippen LogP contribution in [0.4, 0.5) is 0 Å². The van der Waals surface area contributed by atoms with Crippen molar-refractivity contribution >= 4 is 21.7 Å². The van der Waals surface area contributed by atoms with Crippen molar-refractivity contribution in [3.63, 3.8) is 0 Å². The van der Waals surface area contributed by atoms with E-state index in [0.29, 0.717) is 5.56 Å². The molecule has 2 nitrogen and oxygen atoms in total. The molecule has 0 bridgehead atoms. The Morgan fingerprint density at radius 1 is 1.60 bits per heavy atom. The fraction of sp³-hybridized carbons (Fsp3) is 0. The van der Waals surface area contributed by atoms with Crippen LogP contribution in [0, 0.1) is 11.3 Å². The zero-order valence-electron chi connectivity index (χ0n) is 4.91. The summed E-state index contributed by atoms with van der Waals surface area (Å²) in [6, 6.07) is 3.65. The van der Waals surface area contributed by atoms with E-state index in [4.69, 9.17) is 15.9 Å². The Kier molecular flexibility index (Phi) is 2.55. The lowest BCUT2D eigenvalue weighted by atomic mass is 10.3. The quantitative estimate of drug-likeness (QED) is 0.649. The number of halogens is 1. The highest BCUT2D eigenvalue weighted by molar-refractivity contribution is 8.21. The second-order valence-corrected chi connectivity index (χ2v) is 2.69. The third-order valence-electron chi connectivity index (χ3n) is 0.931. The molecule has 1 rings (SSSR count). The number of pyridine rings is 1. The molecule has 1 aromatic heterocycles. The zero-order valence-corrected chi connectivity index (χ0v) is 6.49. The van der Waals surface area contributed by atoms with Crippen LogP contribution in [-0.4, -0.2) is 4.98 Å². The van der Waals surface area contributed by atoms with Crippen LogP contribution in [0.1, 0.15) is 5.56 Å². The highest BCUT2D eigenvalue weighted by Crippen LogP contribution is 2.20. The van der Waals surface area contributed by atoms with Gasteiger partial charge in [0, 0.05) is 17.3 Å². The van der Waals surface area contributed by atoms with Crippen LogP contribution in [0.5, 0.6) is 0 Å². The molecule has 50 valence electrons. The summed E-state index contributed by atoms with van der Waals surface area (Å²) in [5.74, 6) is 0. The number of nitriles is 1. The predicted molar refractivity (Wildman–Crippen MR) is 40.7 cm³/mol. The van der Waals surface area contributed by atoms with Gasteiger partial charge in [-0.05, 0) is 27.7 Å². The molecule has 0 radical (unpaired) electrons. The Labute approximate surface area is 67.3 Å². The first-order chi connectivity index (χ1) is 4.86. The van der Waals surface area contributed by atoms with E-state index in [2.05, 4.69) is 4.98 Å². The van der Waals surface area contributed by atoms with Crippen LogP contribution in [-0.2, 0) is 0 Å². The summed E-state index contributed by atoms with van der Waals surface area (Å²) in [6.07, 6.45) is 3.11. The minimum Gasteiger partial charge on any atom is -0.262 e. The van der Waals surface area contributed by atoms with Gasteiger partial charge in [-0.1, -0.05) is 0 Å². The van der Waals surface area contributed by atoms with Crippen LogP contribution in [0.2, 0.25) is 0 Å². The average Bonchev–Trinajstić information content (AvgIpc) is 2.05. The molecule has 0 aliphatic rings. The van der Waals surface area contributed by atoms with E-state index in [9.17, 15) is 0 Å². The summed E-state index contributed by atoms with van der Waals surface area (Å²) in [5.41, 5.74) is 0.533. The van der Waals surface area contributed by atoms with Gasteiger partial charge in [0.2, 0.25) is 0 Å². The van der Waals surface area contributed by atoms with Gasteiger partial charge in [0.15, 0.2) is 0 Å². The second kappa shape index (κ2) is 3.45. The summed E-state index contributed by atoms with van der Waals surface area (Å²) < 4.78 is 0. The van der Waals surface area contributed by atoms with E-state index in [1.165, 1.54) is 6.20 Å². The van der Waals surface area contributed by atoms with Crippen molar-refractivity contribution < 1.29 is 0 Å². The largest absolute Gasteiger partial charge is 0.262 e. The highest BCUT2D eigenvalue weighted by Gasteiger charge is 1.93. The summed E-state index contributed by atoms with van der Waals surface area (Å²) in [4.78, 5) is 4.59. The number of rotatable bonds is 1. The lowest BCUT2D eigenvalue weighted by Crippen LogP contribution is -1.77. The molecular weight excluding hydrogens is 168 g/mol. The molecule has 1 aromatic rings. The molecule has 0 saturated carbocycles. The van der Waals surface area contributed by atoms with E-state index in [-0.39, 0.29) is 0 Å². The minimum absolute atomic E-state index is 0.533. The highest BCUT2D eigenvalue weighted by atomic mass is 35.7. The maximum absolute atomic E-state index is 8.42. The lowest BCUT2D eigenvalue weighted by molar-refractivity contribution is 1.22. The third kappa shape index (κ3) is 1.63. The van der Waals surface area contributed by atoms with E-state index < -0.39 is 0 Å². The predicted octanol–water partition coefficient (Wildman–Crippen LogP) is 2.20. The topological polar surface area (TPSA) is 36.7 Å². The van der Waals surface area contributed by atoms with Crippen molar-refractivity contribution in [2.24, 2.45) is 0 Å². The van der Waals surface area contributed by atoms with Crippen LogP contribution >= 0.6 is 21.7 Å². The van der Waals surface area contributed by atoms with Gasteiger partial charge in [-0.15, -0.1) is 0 Å². The Morgan fingerprint density at radius 3 is 3.00 bits per heavy atom. The molecule has 0 unspecified atom stereocenters. The van der Waals surface area contributed by atoms with Gasteiger partial charge in [0.05, 0.1) is 5.56 Å². The molecule has 1 heterocycles. The molecule has 0 spiro atoms. The first-order valence-electron chi connectivity index (χ1n) is 2.50. The Bertz CT molecular complexity index is 269. The maximum atomic E-state index is 8.42. The van der Waals surface area contributed by atoms with E-state index in [1.807, 2.05) is 6.07 Å². The number of hydrogen-bond acceptors (Lipinski definition) is 3. The van der Waals surface area contributed by atoms with E-state index >= 15 is 0 Å². The summed E-state index contributed by atoms with van der Waals surface area (Å²) in [6.45, 7) is 0. The van der Waals surface area contributed by atoms with Crippen LogP contribution in [0.3, 0.4) is 0 Å². The molecule has 0 N–H and O–H groups in total.